The van der Waals surface area contributed by atoms with Crippen molar-refractivity contribution in [3.05, 3.63) is 18.0 Å². The molecule has 0 spiro atoms. The van der Waals surface area contributed by atoms with Gasteiger partial charge in [-0.25, -0.2) is 0 Å². The molecular weight excluding hydrogens is 200 g/mol. The van der Waals surface area contributed by atoms with Gasteiger partial charge >= 0.3 is 0 Å². The maximum absolute atomic E-state index is 10.1. The molecular formula is C13H24N2O. The highest BCUT2D eigenvalue weighted by Gasteiger charge is 2.15. The average molecular weight is 224 g/mol. The molecule has 0 aliphatic rings. The third-order valence-electron chi connectivity index (χ3n) is 3.21. The van der Waals surface area contributed by atoms with E-state index < -0.39 is 0 Å². The second kappa shape index (κ2) is 6.69. The monoisotopic (exact) mass is 224 g/mol. The van der Waals surface area contributed by atoms with Crippen LogP contribution in [0.4, 0.5) is 0 Å². The summed E-state index contributed by atoms with van der Waals surface area (Å²) in [7, 11) is 1.88. The predicted octanol–water partition coefficient (Wildman–Crippen LogP) is 3.06. The number of rotatable bonds is 7. The number of aliphatic hydroxyl groups is 1. The summed E-state index contributed by atoms with van der Waals surface area (Å²) >= 11 is 0. The summed E-state index contributed by atoms with van der Waals surface area (Å²) in [6.07, 6.45) is 9.05. The standard InChI is InChI=1S/C13H24N2O/c1-4-6-7-11(5-2)8-13(16)12-9-14-15(3)10-12/h9-11,13,16H,4-8H2,1-3H3. The molecule has 0 aromatic carbocycles. The molecule has 1 rings (SSSR count). The molecule has 3 nitrogen and oxygen atoms in total. The molecule has 0 aliphatic carbocycles. The first-order chi connectivity index (χ1) is 7.67. The van der Waals surface area contributed by atoms with E-state index in [1.54, 1.807) is 10.9 Å². The topological polar surface area (TPSA) is 38.1 Å². The van der Waals surface area contributed by atoms with Crippen LogP contribution in [0.15, 0.2) is 12.4 Å². The lowest BCUT2D eigenvalue weighted by molar-refractivity contribution is 0.139. The van der Waals surface area contributed by atoms with Crippen LogP contribution in [0.5, 0.6) is 0 Å². The second-order valence-corrected chi connectivity index (χ2v) is 4.62. The van der Waals surface area contributed by atoms with Crippen LogP contribution in [0.3, 0.4) is 0 Å². The highest BCUT2D eigenvalue weighted by molar-refractivity contribution is 5.07. The predicted molar refractivity (Wildman–Crippen MR) is 66.1 cm³/mol. The Labute approximate surface area is 98.5 Å². The molecule has 0 saturated heterocycles. The van der Waals surface area contributed by atoms with E-state index in [0.29, 0.717) is 5.92 Å². The van der Waals surface area contributed by atoms with Crippen molar-refractivity contribution < 1.29 is 5.11 Å². The highest BCUT2D eigenvalue weighted by Crippen LogP contribution is 2.26. The van der Waals surface area contributed by atoms with Crippen LogP contribution in [0.2, 0.25) is 0 Å². The van der Waals surface area contributed by atoms with Gasteiger partial charge in [0.15, 0.2) is 0 Å². The fraction of sp³-hybridized carbons (Fsp3) is 0.769. The lowest BCUT2D eigenvalue weighted by Crippen LogP contribution is -2.06. The van der Waals surface area contributed by atoms with Gasteiger partial charge < -0.3 is 5.11 Å². The SMILES string of the molecule is CCCCC(CC)CC(O)c1cnn(C)c1. The Kier molecular flexibility index (Phi) is 5.53. The number of aryl methyl sites for hydroxylation is 1. The van der Waals surface area contributed by atoms with Crippen LogP contribution in [0, 0.1) is 5.92 Å². The van der Waals surface area contributed by atoms with Crippen LogP contribution in [-0.4, -0.2) is 14.9 Å². The van der Waals surface area contributed by atoms with Gasteiger partial charge in [0.05, 0.1) is 12.3 Å². The minimum atomic E-state index is -0.351. The molecule has 1 heterocycles. The molecule has 0 amide bonds. The van der Waals surface area contributed by atoms with Crippen molar-refractivity contribution in [1.29, 1.82) is 0 Å². The van der Waals surface area contributed by atoms with E-state index in [2.05, 4.69) is 18.9 Å². The Morgan fingerprint density at radius 3 is 2.69 bits per heavy atom. The summed E-state index contributed by atoms with van der Waals surface area (Å²) in [5.41, 5.74) is 0.942. The maximum Gasteiger partial charge on any atom is 0.0823 e. The zero-order chi connectivity index (χ0) is 12.0. The highest BCUT2D eigenvalue weighted by atomic mass is 16.3. The van der Waals surface area contributed by atoms with Gasteiger partial charge in [0.1, 0.15) is 0 Å². The zero-order valence-corrected chi connectivity index (χ0v) is 10.7. The van der Waals surface area contributed by atoms with Gasteiger partial charge in [-0.2, -0.15) is 5.10 Å². The van der Waals surface area contributed by atoms with Crippen molar-refractivity contribution in [2.75, 3.05) is 0 Å². The number of unbranched alkanes of at least 4 members (excludes halogenated alkanes) is 1. The molecule has 1 aromatic rings. The fourth-order valence-corrected chi connectivity index (χ4v) is 2.05. The van der Waals surface area contributed by atoms with Gasteiger partial charge in [-0.3, -0.25) is 4.68 Å². The van der Waals surface area contributed by atoms with E-state index >= 15 is 0 Å². The molecule has 92 valence electrons. The molecule has 1 N–H and O–H groups in total. The van der Waals surface area contributed by atoms with E-state index in [0.717, 1.165) is 18.4 Å². The smallest absolute Gasteiger partial charge is 0.0823 e. The molecule has 0 bridgehead atoms. The Bertz CT molecular complexity index is 296. The summed E-state index contributed by atoms with van der Waals surface area (Å²) in [6.45, 7) is 4.42. The largest absolute Gasteiger partial charge is 0.388 e. The van der Waals surface area contributed by atoms with Crippen molar-refractivity contribution in [2.24, 2.45) is 13.0 Å². The third-order valence-corrected chi connectivity index (χ3v) is 3.21. The number of hydrogen-bond acceptors (Lipinski definition) is 2. The van der Waals surface area contributed by atoms with Crippen LogP contribution in [-0.2, 0) is 7.05 Å². The molecule has 2 unspecified atom stereocenters. The Morgan fingerprint density at radius 1 is 1.44 bits per heavy atom. The molecule has 2 atom stereocenters. The molecule has 1 aromatic heterocycles. The van der Waals surface area contributed by atoms with Gasteiger partial charge in [-0.05, 0) is 12.3 Å². The summed E-state index contributed by atoms with van der Waals surface area (Å²) in [5.74, 6) is 0.634. The van der Waals surface area contributed by atoms with Gasteiger partial charge in [0.25, 0.3) is 0 Å². The van der Waals surface area contributed by atoms with Crippen LogP contribution < -0.4 is 0 Å². The summed E-state index contributed by atoms with van der Waals surface area (Å²) in [5, 5.41) is 14.2. The van der Waals surface area contributed by atoms with E-state index in [1.165, 1.54) is 19.3 Å². The molecule has 16 heavy (non-hydrogen) atoms. The van der Waals surface area contributed by atoms with E-state index in [1.807, 2.05) is 13.2 Å². The second-order valence-electron chi connectivity index (χ2n) is 4.62. The molecule has 3 heteroatoms. The number of nitrogens with zero attached hydrogens (tertiary/aromatic N) is 2. The van der Waals surface area contributed by atoms with Crippen molar-refractivity contribution in [1.82, 2.24) is 9.78 Å². The lowest BCUT2D eigenvalue weighted by Gasteiger charge is -2.17. The lowest BCUT2D eigenvalue weighted by atomic mass is 9.91. The quantitative estimate of drug-likeness (QED) is 0.773. The van der Waals surface area contributed by atoms with Crippen molar-refractivity contribution in [2.45, 2.75) is 52.1 Å². The first-order valence-electron chi connectivity index (χ1n) is 6.34. The molecule has 0 radical (unpaired) electrons. The van der Waals surface area contributed by atoms with Gasteiger partial charge in [0, 0.05) is 18.8 Å². The van der Waals surface area contributed by atoms with Crippen LogP contribution in [0.1, 0.15) is 57.6 Å². The van der Waals surface area contributed by atoms with Crippen molar-refractivity contribution >= 4 is 0 Å². The number of aliphatic hydroxyl groups excluding tert-OH is 1. The fourth-order valence-electron chi connectivity index (χ4n) is 2.05. The number of hydrogen-bond donors (Lipinski definition) is 1. The number of aromatic nitrogens is 2. The Morgan fingerprint density at radius 2 is 2.19 bits per heavy atom. The molecule has 0 saturated carbocycles. The summed E-state index contributed by atoms with van der Waals surface area (Å²) in [6, 6.07) is 0. The van der Waals surface area contributed by atoms with Gasteiger partial charge in [0.2, 0.25) is 0 Å². The Hall–Kier alpha value is -0.830. The third kappa shape index (κ3) is 3.97. The van der Waals surface area contributed by atoms with Gasteiger partial charge in [-0.15, -0.1) is 0 Å². The van der Waals surface area contributed by atoms with Gasteiger partial charge in [-0.1, -0.05) is 39.5 Å². The average Bonchev–Trinajstić information content (AvgIpc) is 2.70. The zero-order valence-electron chi connectivity index (χ0n) is 10.7. The van der Waals surface area contributed by atoms with Crippen molar-refractivity contribution in [3.8, 4) is 0 Å². The first kappa shape index (κ1) is 13.2. The van der Waals surface area contributed by atoms with Crippen molar-refractivity contribution in [3.63, 3.8) is 0 Å². The summed E-state index contributed by atoms with van der Waals surface area (Å²) < 4.78 is 1.74. The minimum absolute atomic E-state index is 0.351. The first-order valence-corrected chi connectivity index (χ1v) is 6.34. The Balaban J connectivity index is 2.45. The van der Waals surface area contributed by atoms with Crippen LogP contribution >= 0.6 is 0 Å². The van der Waals surface area contributed by atoms with E-state index in [4.69, 9.17) is 0 Å². The normalized spacial score (nSPS) is 15.0. The van der Waals surface area contributed by atoms with E-state index in [9.17, 15) is 5.11 Å². The minimum Gasteiger partial charge on any atom is -0.388 e. The summed E-state index contributed by atoms with van der Waals surface area (Å²) in [4.78, 5) is 0. The molecule has 0 fully saturated rings. The maximum atomic E-state index is 10.1. The van der Waals surface area contributed by atoms with Crippen LogP contribution in [0.25, 0.3) is 0 Å². The van der Waals surface area contributed by atoms with E-state index in [-0.39, 0.29) is 6.10 Å². The molecule has 0 aliphatic heterocycles.